The van der Waals surface area contributed by atoms with Gasteiger partial charge in [0.1, 0.15) is 6.04 Å². The van der Waals surface area contributed by atoms with Crippen LogP contribution in [0.2, 0.25) is 0 Å². The number of carboxylic acids is 1. The third kappa shape index (κ3) is 4.52. The highest BCUT2D eigenvalue weighted by atomic mass is 16.5. The van der Waals surface area contributed by atoms with Gasteiger partial charge in [-0.25, -0.2) is 9.59 Å². The molecule has 0 aromatic carbocycles. The highest BCUT2D eigenvalue weighted by Gasteiger charge is 2.33. The van der Waals surface area contributed by atoms with Gasteiger partial charge in [0.15, 0.2) is 0 Å². The lowest BCUT2D eigenvalue weighted by molar-refractivity contribution is -0.139. The van der Waals surface area contributed by atoms with Gasteiger partial charge in [0.2, 0.25) is 0 Å². The first kappa shape index (κ1) is 14.8. The van der Waals surface area contributed by atoms with E-state index in [0.29, 0.717) is 19.6 Å². The van der Waals surface area contributed by atoms with Crippen molar-refractivity contribution in [2.45, 2.75) is 44.7 Å². The van der Waals surface area contributed by atoms with E-state index < -0.39 is 12.0 Å². The maximum Gasteiger partial charge on any atom is 0.326 e. The quantitative estimate of drug-likeness (QED) is 0.682. The molecule has 0 saturated heterocycles. The number of hydrogen-bond acceptors (Lipinski definition) is 3. The van der Waals surface area contributed by atoms with Crippen molar-refractivity contribution in [1.29, 1.82) is 0 Å². The lowest BCUT2D eigenvalue weighted by Crippen LogP contribution is -2.49. The molecule has 1 atom stereocenters. The second-order valence-corrected chi connectivity index (χ2v) is 4.55. The molecule has 6 nitrogen and oxygen atoms in total. The summed E-state index contributed by atoms with van der Waals surface area (Å²) in [7, 11) is 1.58. The third-order valence-electron chi connectivity index (χ3n) is 2.96. The zero-order valence-electron chi connectivity index (χ0n) is 11.0. The first-order valence-corrected chi connectivity index (χ1v) is 6.39. The fraction of sp³-hybridized carbons (Fsp3) is 0.833. The number of carbonyl (C=O) groups excluding carboxylic acids is 1. The number of methoxy groups -OCH3 is 1. The van der Waals surface area contributed by atoms with Crippen molar-refractivity contribution >= 4 is 12.0 Å². The van der Waals surface area contributed by atoms with Crippen LogP contribution < -0.4 is 5.32 Å². The van der Waals surface area contributed by atoms with E-state index in [-0.39, 0.29) is 12.1 Å². The van der Waals surface area contributed by atoms with E-state index in [1.165, 1.54) is 0 Å². The van der Waals surface area contributed by atoms with E-state index in [2.05, 4.69) is 5.32 Å². The molecule has 0 radical (unpaired) electrons. The van der Waals surface area contributed by atoms with E-state index in [1.54, 1.807) is 12.0 Å². The zero-order valence-corrected chi connectivity index (χ0v) is 11.0. The number of rotatable bonds is 8. The Bertz CT molecular complexity index is 292. The number of carbonyl (C=O) groups is 2. The second kappa shape index (κ2) is 7.20. The van der Waals surface area contributed by atoms with Crippen molar-refractivity contribution < 1.29 is 19.4 Å². The van der Waals surface area contributed by atoms with Gasteiger partial charge in [0, 0.05) is 19.7 Å². The van der Waals surface area contributed by atoms with Gasteiger partial charge in [-0.05, 0) is 19.3 Å². The van der Waals surface area contributed by atoms with Crippen molar-refractivity contribution in [3.63, 3.8) is 0 Å². The number of hydrogen-bond donors (Lipinski definition) is 2. The topological polar surface area (TPSA) is 78.9 Å². The number of nitrogens with zero attached hydrogens (tertiary/aromatic N) is 1. The average molecular weight is 258 g/mol. The van der Waals surface area contributed by atoms with Crippen LogP contribution in [0.25, 0.3) is 0 Å². The van der Waals surface area contributed by atoms with Crippen LogP contribution in [0.4, 0.5) is 4.79 Å². The van der Waals surface area contributed by atoms with Crippen LogP contribution in [0.15, 0.2) is 0 Å². The Labute approximate surface area is 107 Å². The van der Waals surface area contributed by atoms with Crippen molar-refractivity contribution in [3.05, 3.63) is 0 Å². The lowest BCUT2D eigenvalue weighted by Gasteiger charge is -2.24. The molecule has 6 heteroatoms. The van der Waals surface area contributed by atoms with Crippen LogP contribution in [-0.4, -0.2) is 54.4 Å². The summed E-state index contributed by atoms with van der Waals surface area (Å²) < 4.78 is 4.96. The van der Waals surface area contributed by atoms with Crippen LogP contribution in [-0.2, 0) is 9.53 Å². The molecule has 0 aliphatic heterocycles. The average Bonchev–Trinajstić information content (AvgIpc) is 3.13. The minimum absolute atomic E-state index is 0.247. The molecule has 1 aliphatic rings. The summed E-state index contributed by atoms with van der Waals surface area (Å²) in [6, 6.07) is -0.849. The van der Waals surface area contributed by atoms with Gasteiger partial charge in [-0.15, -0.1) is 0 Å². The van der Waals surface area contributed by atoms with E-state index in [0.717, 1.165) is 19.3 Å². The van der Waals surface area contributed by atoms with Crippen LogP contribution in [0, 0.1) is 0 Å². The zero-order chi connectivity index (χ0) is 13.5. The smallest absolute Gasteiger partial charge is 0.326 e. The standard InChI is InChI=1S/C12H22N2O4/c1-3-4-10(11(15)16)13-12(17)14(7-8-18-2)9-5-6-9/h9-10H,3-8H2,1-2H3,(H,13,17)(H,15,16). The Balaban J connectivity index is 2.50. The normalized spacial score (nSPS) is 16.1. The summed E-state index contributed by atoms with van der Waals surface area (Å²) in [5, 5.41) is 11.6. The van der Waals surface area contributed by atoms with Gasteiger partial charge in [-0.1, -0.05) is 13.3 Å². The second-order valence-electron chi connectivity index (χ2n) is 4.55. The number of ether oxygens (including phenoxy) is 1. The molecule has 1 fully saturated rings. The van der Waals surface area contributed by atoms with Crippen molar-refractivity contribution in [1.82, 2.24) is 10.2 Å². The molecule has 1 unspecified atom stereocenters. The van der Waals surface area contributed by atoms with E-state index in [4.69, 9.17) is 9.84 Å². The van der Waals surface area contributed by atoms with E-state index >= 15 is 0 Å². The maximum absolute atomic E-state index is 12.0. The number of urea groups is 1. The molecule has 0 heterocycles. The third-order valence-corrected chi connectivity index (χ3v) is 2.96. The molecule has 104 valence electrons. The van der Waals surface area contributed by atoms with Crippen LogP contribution in [0.3, 0.4) is 0 Å². The first-order chi connectivity index (χ1) is 8.60. The summed E-state index contributed by atoms with van der Waals surface area (Å²) in [4.78, 5) is 24.7. The molecule has 2 N–H and O–H groups in total. The van der Waals surface area contributed by atoms with Crippen LogP contribution in [0.5, 0.6) is 0 Å². The summed E-state index contributed by atoms with van der Waals surface area (Å²) in [5.41, 5.74) is 0. The highest BCUT2D eigenvalue weighted by Crippen LogP contribution is 2.26. The molecule has 0 bridgehead atoms. The highest BCUT2D eigenvalue weighted by molar-refractivity contribution is 5.82. The molecule has 0 aromatic rings. The SMILES string of the molecule is CCCC(NC(=O)N(CCOC)C1CC1)C(=O)O. The summed E-state index contributed by atoms with van der Waals surface area (Å²) in [6.45, 7) is 2.87. The predicted molar refractivity (Wildman–Crippen MR) is 66.5 cm³/mol. The molecule has 1 aliphatic carbocycles. The lowest BCUT2D eigenvalue weighted by atomic mass is 10.2. The summed E-state index contributed by atoms with van der Waals surface area (Å²) >= 11 is 0. The number of aliphatic carboxylic acids is 1. The van der Waals surface area contributed by atoms with Gasteiger partial charge in [-0.2, -0.15) is 0 Å². The Morgan fingerprint density at radius 3 is 2.61 bits per heavy atom. The Morgan fingerprint density at radius 2 is 2.17 bits per heavy atom. The van der Waals surface area contributed by atoms with Crippen LogP contribution in [0.1, 0.15) is 32.6 Å². The maximum atomic E-state index is 12.0. The van der Waals surface area contributed by atoms with Gasteiger partial charge >= 0.3 is 12.0 Å². The fourth-order valence-corrected chi connectivity index (χ4v) is 1.80. The largest absolute Gasteiger partial charge is 0.480 e. The summed E-state index contributed by atoms with van der Waals surface area (Å²) in [6.07, 6.45) is 3.15. The number of carboxylic acid groups (broad SMARTS) is 1. The van der Waals surface area contributed by atoms with E-state index in [1.807, 2.05) is 6.92 Å². The monoisotopic (exact) mass is 258 g/mol. The van der Waals surface area contributed by atoms with Gasteiger partial charge < -0.3 is 20.1 Å². The number of nitrogens with one attached hydrogen (secondary N) is 1. The van der Waals surface area contributed by atoms with Crippen molar-refractivity contribution in [3.8, 4) is 0 Å². The first-order valence-electron chi connectivity index (χ1n) is 6.39. The van der Waals surface area contributed by atoms with Gasteiger partial charge in [0.25, 0.3) is 0 Å². The molecular formula is C12H22N2O4. The molecule has 2 amide bonds. The summed E-state index contributed by atoms with van der Waals surface area (Å²) in [5.74, 6) is -0.979. The number of amides is 2. The van der Waals surface area contributed by atoms with Gasteiger partial charge in [-0.3, -0.25) is 0 Å². The fourth-order valence-electron chi connectivity index (χ4n) is 1.80. The molecule has 0 spiro atoms. The minimum atomic E-state index is -0.979. The van der Waals surface area contributed by atoms with Crippen molar-refractivity contribution in [2.24, 2.45) is 0 Å². The Morgan fingerprint density at radius 1 is 1.50 bits per heavy atom. The molecule has 1 rings (SSSR count). The van der Waals surface area contributed by atoms with Crippen LogP contribution >= 0.6 is 0 Å². The minimum Gasteiger partial charge on any atom is -0.480 e. The molecule has 1 saturated carbocycles. The predicted octanol–water partition coefficient (Wildman–Crippen LogP) is 1.06. The van der Waals surface area contributed by atoms with E-state index in [9.17, 15) is 9.59 Å². The van der Waals surface area contributed by atoms with Gasteiger partial charge in [0.05, 0.1) is 6.61 Å². The Hall–Kier alpha value is -1.30. The molecular weight excluding hydrogens is 236 g/mol. The molecule has 0 aromatic heterocycles. The van der Waals surface area contributed by atoms with Crippen molar-refractivity contribution in [2.75, 3.05) is 20.3 Å². The Kier molecular flexibility index (Phi) is 5.91. The molecule has 18 heavy (non-hydrogen) atoms.